The van der Waals surface area contributed by atoms with Gasteiger partial charge in [0.2, 0.25) is 0 Å². The van der Waals surface area contributed by atoms with Gasteiger partial charge in [0.05, 0.1) is 6.54 Å². The number of nitrogens with one attached hydrogen (secondary N) is 1. The van der Waals surface area contributed by atoms with Gasteiger partial charge in [-0.15, -0.1) is 0 Å². The standard InChI is InChI=1S/C10H20F2N2/c1-14(2)10(5-3-4-6-10)8-13-7-9(11)12/h9,13H,3-8H2,1-2H3. The first-order valence-electron chi connectivity index (χ1n) is 5.23. The molecule has 0 aliphatic heterocycles. The Kier molecular flexibility index (Phi) is 4.26. The smallest absolute Gasteiger partial charge is 0.250 e. The van der Waals surface area contributed by atoms with E-state index in [1.54, 1.807) is 0 Å². The van der Waals surface area contributed by atoms with Crippen LogP contribution in [0.1, 0.15) is 25.7 Å². The molecule has 0 amide bonds. The fourth-order valence-corrected chi connectivity index (χ4v) is 2.23. The Labute approximate surface area is 84.7 Å². The predicted molar refractivity (Wildman–Crippen MR) is 53.8 cm³/mol. The molecular weight excluding hydrogens is 186 g/mol. The molecule has 1 aliphatic rings. The summed E-state index contributed by atoms with van der Waals surface area (Å²) in [5, 5.41) is 2.86. The van der Waals surface area contributed by atoms with Crippen LogP contribution in [0.25, 0.3) is 0 Å². The highest BCUT2D eigenvalue weighted by Gasteiger charge is 2.35. The maximum atomic E-state index is 12.0. The van der Waals surface area contributed by atoms with Gasteiger partial charge < -0.3 is 10.2 Å². The zero-order chi connectivity index (χ0) is 10.6. The van der Waals surface area contributed by atoms with E-state index in [1.165, 1.54) is 12.8 Å². The molecule has 14 heavy (non-hydrogen) atoms. The monoisotopic (exact) mass is 206 g/mol. The van der Waals surface area contributed by atoms with E-state index in [9.17, 15) is 8.78 Å². The number of halogens is 2. The quantitative estimate of drug-likeness (QED) is 0.736. The van der Waals surface area contributed by atoms with E-state index in [2.05, 4.69) is 10.2 Å². The van der Waals surface area contributed by atoms with Gasteiger partial charge in [0.15, 0.2) is 0 Å². The molecule has 84 valence electrons. The molecule has 0 radical (unpaired) electrons. The summed E-state index contributed by atoms with van der Waals surface area (Å²) >= 11 is 0. The Bertz CT molecular complexity index is 166. The van der Waals surface area contributed by atoms with Crippen molar-refractivity contribution in [2.45, 2.75) is 37.6 Å². The molecule has 0 unspecified atom stereocenters. The van der Waals surface area contributed by atoms with E-state index >= 15 is 0 Å². The van der Waals surface area contributed by atoms with Crippen molar-refractivity contribution >= 4 is 0 Å². The first kappa shape index (κ1) is 11.9. The zero-order valence-electron chi connectivity index (χ0n) is 9.02. The maximum Gasteiger partial charge on any atom is 0.250 e. The van der Waals surface area contributed by atoms with Crippen molar-refractivity contribution in [1.82, 2.24) is 10.2 Å². The lowest BCUT2D eigenvalue weighted by Crippen LogP contribution is -2.50. The zero-order valence-corrected chi connectivity index (χ0v) is 9.02. The lowest BCUT2D eigenvalue weighted by Gasteiger charge is -2.36. The van der Waals surface area contributed by atoms with Crippen LogP contribution in [0.4, 0.5) is 8.78 Å². The van der Waals surface area contributed by atoms with E-state index in [0.717, 1.165) is 12.8 Å². The Morgan fingerprint density at radius 3 is 2.29 bits per heavy atom. The Morgan fingerprint density at radius 1 is 1.29 bits per heavy atom. The first-order chi connectivity index (χ1) is 6.57. The summed E-state index contributed by atoms with van der Waals surface area (Å²) in [4.78, 5) is 2.18. The molecule has 0 spiro atoms. The van der Waals surface area contributed by atoms with Gasteiger partial charge in [0.25, 0.3) is 6.43 Å². The molecule has 0 aromatic carbocycles. The molecule has 0 aromatic rings. The topological polar surface area (TPSA) is 15.3 Å². The van der Waals surface area contributed by atoms with Crippen LogP contribution in [0.3, 0.4) is 0 Å². The van der Waals surface area contributed by atoms with Crippen LogP contribution < -0.4 is 5.32 Å². The molecule has 0 bridgehead atoms. The van der Waals surface area contributed by atoms with Gasteiger partial charge in [-0.3, -0.25) is 0 Å². The summed E-state index contributed by atoms with van der Waals surface area (Å²) in [6, 6.07) is 0. The molecule has 1 N–H and O–H groups in total. The van der Waals surface area contributed by atoms with E-state index in [4.69, 9.17) is 0 Å². The molecule has 0 aromatic heterocycles. The lowest BCUT2D eigenvalue weighted by molar-refractivity contribution is 0.120. The second-order valence-electron chi connectivity index (χ2n) is 4.35. The van der Waals surface area contributed by atoms with Crippen molar-refractivity contribution < 1.29 is 8.78 Å². The summed E-state index contributed by atoms with van der Waals surface area (Å²) in [6.07, 6.45) is 2.44. The molecule has 0 atom stereocenters. The second-order valence-corrected chi connectivity index (χ2v) is 4.35. The van der Waals surface area contributed by atoms with Crippen molar-refractivity contribution in [3.8, 4) is 0 Å². The van der Waals surface area contributed by atoms with Crippen molar-refractivity contribution in [2.75, 3.05) is 27.2 Å². The Balaban J connectivity index is 2.36. The highest BCUT2D eigenvalue weighted by molar-refractivity contribution is 4.94. The number of likely N-dealkylation sites (N-methyl/N-ethyl adjacent to an activating group) is 1. The predicted octanol–water partition coefficient (Wildman–Crippen LogP) is 1.72. The second kappa shape index (κ2) is 5.03. The number of alkyl halides is 2. The summed E-state index contributed by atoms with van der Waals surface area (Å²) in [6.45, 7) is 0.500. The van der Waals surface area contributed by atoms with Gasteiger partial charge >= 0.3 is 0 Å². The van der Waals surface area contributed by atoms with Gasteiger partial charge in [0.1, 0.15) is 0 Å². The largest absolute Gasteiger partial charge is 0.310 e. The summed E-state index contributed by atoms with van der Waals surface area (Å²) in [7, 11) is 4.07. The van der Waals surface area contributed by atoms with E-state index in [1.807, 2.05) is 14.1 Å². The van der Waals surface area contributed by atoms with Crippen LogP contribution in [-0.2, 0) is 0 Å². The van der Waals surface area contributed by atoms with E-state index in [0.29, 0.717) is 6.54 Å². The molecule has 0 heterocycles. The van der Waals surface area contributed by atoms with E-state index in [-0.39, 0.29) is 12.1 Å². The Morgan fingerprint density at radius 2 is 1.86 bits per heavy atom. The molecule has 0 saturated heterocycles. The molecule has 1 saturated carbocycles. The molecule has 1 rings (SSSR count). The minimum Gasteiger partial charge on any atom is -0.310 e. The summed E-state index contributed by atoms with van der Waals surface area (Å²) < 4.78 is 23.9. The first-order valence-corrected chi connectivity index (χ1v) is 5.23. The highest BCUT2D eigenvalue weighted by Crippen LogP contribution is 2.32. The van der Waals surface area contributed by atoms with Gasteiger partial charge in [-0.25, -0.2) is 8.78 Å². The van der Waals surface area contributed by atoms with Gasteiger partial charge in [-0.1, -0.05) is 12.8 Å². The average molecular weight is 206 g/mol. The van der Waals surface area contributed by atoms with Crippen molar-refractivity contribution in [2.24, 2.45) is 0 Å². The fraction of sp³-hybridized carbons (Fsp3) is 1.00. The molecule has 4 heteroatoms. The van der Waals surface area contributed by atoms with E-state index < -0.39 is 6.43 Å². The molecule has 1 aliphatic carbocycles. The fourth-order valence-electron chi connectivity index (χ4n) is 2.23. The minimum absolute atomic E-state index is 0.120. The number of rotatable bonds is 5. The van der Waals surface area contributed by atoms with Crippen LogP contribution in [0.2, 0.25) is 0 Å². The van der Waals surface area contributed by atoms with Gasteiger partial charge in [-0.05, 0) is 26.9 Å². The number of hydrogen-bond acceptors (Lipinski definition) is 2. The third-order valence-electron chi connectivity index (χ3n) is 3.24. The van der Waals surface area contributed by atoms with Gasteiger partial charge in [-0.2, -0.15) is 0 Å². The number of nitrogens with zero attached hydrogens (tertiary/aromatic N) is 1. The van der Waals surface area contributed by atoms with Gasteiger partial charge in [0, 0.05) is 12.1 Å². The van der Waals surface area contributed by atoms with Crippen LogP contribution >= 0.6 is 0 Å². The van der Waals surface area contributed by atoms with Crippen LogP contribution in [0, 0.1) is 0 Å². The van der Waals surface area contributed by atoms with Crippen molar-refractivity contribution in [3.63, 3.8) is 0 Å². The molecule has 2 nitrogen and oxygen atoms in total. The van der Waals surface area contributed by atoms with Crippen molar-refractivity contribution in [3.05, 3.63) is 0 Å². The SMILES string of the molecule is CN(C)C1(CNCC(F)F)CCCC1. The minimum atomic E-state index is -2.24. The normalized spacial score (nSPS) is 21.0. The van der Waals surface area contributed by atoms with Crippen molar-refractivity contribution in [1.29, 1.82) is 0 Å². The maximum absolute atomic E-state index is 12.0. The molecular formula is C10H20F2N2. The van der Waals surface area contributed by atoms with Crippen LogP contribution in [-0.4, -0.2) is 44.0 Å². The van der Waals surface area contributed by atoms with Crippen LogP contribution in [0.5, 0.6) is 0 Å². The average Bonchev–Trinajstić information content (AvgIpc) is 2.53. The summed E-state index contributed by atoms with van der Waals surface area (Å²) in [5.74, 6) is 0. The number of hydrogen-bond donors (Lipinski definition) is 1. The highest BCUT2D eigenvalue weighted by atomic mass is 19.3. The Hall–Kier alpha value is -0.220. The third-order valence-corrected chi connectivity index (χ3v) is 3.24. The third kappa shape index (κ3) is 2.89. The molecule has 1 fully saturated rings. The van der Waals surface area contributed by atoms with Crippen LogP contribution in [0.15, 0.2) is 0 Å². The lowest BCUT2D eigenvalue weighted by atomic mass is 9.96. The summed E-state index contributed by atoms with van der Waals surface area (Å²) in [5.41, 5.74) is 0.120.